The average Bonchev–Trinajstić information content (AvgIpc) is 2.61. The van der Waals surface area contributed by atoms with E-state index in [1.807, 2.05) is 37.9 Å². The molecule has 0 radical (unpaired) electrons. The largest absolute Gasteiger partial charge is 0.483 e. The van der Waals surface area contributed by atoms with Crippen molar-refractivity contribution in [2.45, 2.75) is 33.1 Å². The summed E-state index contributed by atoms with van der Waals surface area (Å²) in [5.41, 5.74) is 2.34. The van der Waals surface area contributed by atoms with Gasteiger partial charge in [-0.1, -0.05) is 0 Å². The molecular formula is C19H30ClN3O3. The van der Waals surface area contributed by atoms with Gasteiger partial charge >= 0.3 is 0 Å². The van der Waals surface area contributed by atoms with E-state index in [0.29, 0.717) is 17.9 Å². The van der Waals surface area contributed by atoms with Crippen LogP contribution in [0.2, 0.25) is 0 Å². The van der Waals surface area contributed by atoms with Gasteiger partial charge in [0.15, 0.2) is 6.61 Å². The molecule has 1 aliphatic rings. The molecule has 1 saturated heterocycles. The Morgan fingerprint density at radius 3 is 2.27 bits per heavy atom. The Hall–Kier alpha value is -1.79. The lowest BCUT2D eigenvalue weighted by molar-refractivity contribution is -0.134. The second-order valence-electron chi connectivity index (χ2n) is 6.53. The summed E-state index contributed by atoms with van der Waals surface area (Å²) in [6.07, 6.45) is 3.34. The number of halogens is 1. The number of carbonyl (C=O) groups is 2. The second-order valence-corrected chi connectivity index (χ2v) is 6.53. The zero-order valence-corrected chi connectivity index (χ0v) is 16.7. The minimum absolute atomic E-state index is 0. The molecule has 2 N–H and O–H groups in total. The molecule has 6 nitrogen and oxygen atoms in total. The van der Waals surface area contributed by atoms with Crippen molar-refractivity contribution < 1.29 is 14.3 Å². The van der Waals surface area contributed by atoms with E-state index in [4.69, 9.17) is 4.74 Å². The Bertz CT molecular complexity index is 593. The van der Waals surface area contributed by atoms with Crippen molar-refractivity contribution in [2.75, 3.05) is 39.8 Å². The summed E-state index contributed by atoms with van der Waals surface area (Å²) in [5, 5.41) is 5.85. The number of piperidine rings is 1. The number of likely N-dealkylation sites (tertiary alicyclic amines) is 1. The molecule has 7 heteroatoms. The van der Waals surface area contributed by atoms with Crippen molar-refractivity contribution in [1.82, 2.24) is 15.5 Å². The van der Waals surface area contributed by atoms with E-state index in [-0.39, 0.29) is 30.8 Å². The highest BCUT2D eigenvalue weighted by atomic mass is 35.5. The maximum atomic E-state index is 12.2. The summed E-state index contributed by atoms with van der Waals surface area (Å²) in [4.78, 5) is 26.3. The number of hydrogen-bond acceptors (Lipinski definition) is 4. The summed E-state index contributed by atoms with van der Waals surface area (Å²) in [7, 11) is 1.85. The van der Waals surface area contributed by atoms with Gasteiger partial charge in [-0.25, -0.2) is 0 Å². The van der Waals surface area contributed by atoms with Gasteiger partial charge in [-0.05, 0) is 63.4 Å². The summed E-state index contributed by atoms with van der Waals surface area (Å²) < 4.78 is 5.78. The van der Waals surface area contributed by atoms with Crippen molar-refractivity contribution >= 4 is 24.2 Å². The smallest absolute Gasteiger partial charge is 0.260 e. The summed E-state index contributed by atoms with van der Waals surface area (Å²) >= 11 is 0. The molecule has 1 aromatic rings. The molecule has 2 amide bonds. The number of nitrogens with zero attached hydrogens (tertiary/aromatic N) is 1. The summed E-state index contributed by atoms with van der Waals surface area (Å²) in [5.74, 6) is 0.627. The maximum absolute atomic E-state index is 12.2. The van der Waals surface area contributed by atoms with Gasteiger partial charge in [0.05, 0.1) is 0 Å². The number of hydrogen-bond donors (Lipinski definition) is 2. The quantitative estimate of drug-likeness (QED) is 0.707. The first-order valence-corrected chi connectivity index (χ1v) is 8.97. The molecule has 26 heavy (non-hydrogen) atoms. The molecule has 0 aliphatic carbocycles. The van der Waals surface area contributed by atoms with E-state index >= 15 is 0 Å². The SMILES string of the molecule is CNCCNC(=O)c1cc(C)c(OCC(=O)N2CCCCC2)c(C)c1.Cl. The van der Waals surface area contributed by atoms with Crippen LogP contribution in [0.1, 0.15) is 40.7 Å². The number of carbonyl (C=O) groups excluding carboxylic acids is 2. The van der Waals surface area contributed by atoms with E-state index in [0.717, 1.165) is 43.6 Å². The third kappa shape index (κ3) is 6.18. The van der Waals surface area contributed by atoms with Gasteiger partial charge in [0, 0.05) is 31.7 Å². The van der Waals surface area contributed by atoms with Gasteiger partial charge in [0.2, 0.25) is 0 Å². The fraction of sp³-hybridized carbons (Fsp3) is 0.579. The van der Waals surface area contributed by atoms with Crippen LogP contribution < -0.4 is 15.4 Å². The molecule has 0 saturated carbocycles. The molecule has 1 aromatic carbocycles. The number of aryl methyl sites for hydroxylation is 2. The number of benzene rings is 1. The molecular weight excluding hydrogens is 354 g/mol. The Kier molecular flexibility index (Phi) is 9.44. The standard InChI is InChI=1S/C19H29N3O3.ClH/c1-14-11-16(19(24)21-8-7-20-3)12-15(2)18(14)25-13-17(23)22-9-5-4-6-10-22;/h11-12,20H,4-10,13H2,1-3H3,(H,21,24);1H. The molecule has 1 heterocycles. The van der Waals surface area contributed by atoms with Crippen molar-refractivity contribution in [3.05, 3.63) is 28.8 Å². The van der Waals surface area contributed by atoms with Crippen LogP contribution in [0.25, 0.3) is 0 Å². The molecule has 146 valence electrons. The van der Waals surface area contributed by atoms with Crippen LogP contribution in [0, 0.1) is 13.8 Å². The average molecular weight is 384 g/mol. The molecule has 0 unspecified atom stereocenters. The van der Waals surface area contributed by atoms with Crippen molar-refractivity contribution in [3.63, 3.8) is 0 Å². The van der Waals surface area contributed by atoms with Crippen LogP contribution in [0.3, 0.4) is 0 Å². The number of rotatable bonds is 7. The van der Waals surface area contributed by atoms with E-state index < -0.39 is 0 Å². The van der Waals surface area contributed by atoms with Gasteiger partial charge in [-0.15, -0.1) is 12.4 Å². The fourth-order valence-electron chi connectivity index (χ4n) is 3.08. The van der Waals surface area contributed by atoms with Gasteiger partial charge in [-0.2, -0.15) is 0 Å². The second kappa shape index (κ2) is 11.0. The minimum Gasteiger partial charge on any atom is -0.483 e. The monoisotopic (exact) mass is 383 g/mol. The molecule has 1 fully saturated rings. The van der Waals surface area contributed by atoms with E-state index in [1.54, 1.807) is 0 Å². The highest BCUT2D eigenvalue weighted by Gasteiger charge is 2.18. The van der Waals surface area contributed by atoms with Crippen molar-refractivity contribution in [3.8, 4) is 5.75 Å². The fourth-order valence-corrected chi connectivity index (χ4v) is 3.08. The predicted octanol–water partition coefficient (Wildman–Crippen LogP) is 2.07. The highest BCUT2D eigenvalue weighted by Crippen LogP contribution is 2.25. The lowest BCUT2D eigenvalue weighted by Crippen LogP contribution is -2.38. The van der Waals surface area contributed by atoms with E-state index in [2.05, 4.69) is 10.6 Å². The van der Waals surface area contributed by atoms with Crippen LogP contribution in [-0.2, 0) is 4.79 Å². The predicted molar refractivity (Wildman–Crippen MR) is 105 cm³/mol. The van der Waals surface area contributed by atoms with Gasteiger partial charge in [-0.3, -0.25) is 9.59 Å². The first-order chi connectivity index (χ1) is 12.0. The van der Waals surface area contributed by atoms with E-state index in [9.17, 15) is 9.59 Å². The molecule has 1 aliphatic heterocycles. The number of amides is 2. The number of likely N-dealkylation sites (N-methyl/N-ethyl adjacent to an activating group) is 1. The maximum Gasteiger partial charge on any atom is 0.260 e. The van der Waals surface area contributed by atoms with Gasteiger partial charge in [0.25, 0.3) is 11.8 Å². The Labute approximate surface area is 162 Å². The number of nitrogens with one attached hydrogen (secondary N) is 2. The Morgan fingerprint density at radius 1 is 1.08 bits per heavy atom. The topological polar surface area (TPSA) is 70.7 Å². The first-order valence-electron chi connectivity index (χ1n) is 8.97. The lowest BCUT2D eigenvalue weighted by Gasteiger charge is -2.26. The van der Waals surface area contributed by atoms with Crippen LogP contribution in [0.5, 0.6) is 5.75 Å². The lowest BCUT2D eigenvalue weighted by atomic mass is 10.1. The van der Waals surface area contributed by atoms with E-state index in [1.165, 1.54) is 6.42 Å². The molecule has 0 bridgehead atoms. The molecule has 2 rings (SSSR count). The van der Waals surface area contributed by atoms with Gasteiger partial charge in [0.1, 0.15) is 5.75 Å². The summed E-state index contributed by atoms with van der Waals surface area (Å²) in [6.45, 7) is 6.81. The Morgan fingerprint density at radius 2 is 1.69 bits per heavy atom. The van der Waals surface area contributed by atoms with Crippen LogP contribution in [0.4, 0.5) is 0 Å². The zero-order chi connectivity index (χ0) is 18.2. The minimum atomic E-state index is -0.0996. The third-order valence-corrected chi connectivity index (χ3v) is 4.43. The van der Waals surface area contributed by atoms with Crippen LogP contribution in [0.15, 0.2) is 12.1 Å². The van der Waals surface area contributed by atoms with Crippen molar-refractivity contribution in [1.29, 1.82) is 0 Å². The van der Waals surface area contributed by atoms with Crippen LogP contribution >= 0.6 is 12.4 Å². The first kappa shape index (κ1) is 22.3. The molecule has 0 aromatic heterocycles. The zero-order valence-electron chi connectivity index (χ0n) is 15.9. The van der Waals surface area contributed by atoms with Crippen LogP contribution in [-0.4, -0.2) is 56.5 Å². The summed E-state index contributed by atoms with van der Waals surface area (Å²) in [6, 6.07) is 3.62. The van der Waals surface area contributed by atoms with Gasteiger partial charge < -0.3 is 20.3 Å². The highest BCUT2D eigenvalue weighted by molar-refractivity contribution is 5.95. The number of ether oxygens (including phenoxy) is 1. The molecule has 0 atom stereocenters. The van der Waals surface area contributed by atoms with Crippen molar-refractivity contribution in [2.24, 2.45) is 0 Å². The normalized spacial score (nSPS) is 13.7. The third-order valence-electron chi connectivity index (χ3n) is 4.43. The molecule has 0 spiro atoms. The Balaban J connectivity index is 0.00000338.